The number of rotatable bonds is 9. The van der Waals surface area contributed by atoms with Crippen LogP contribution in [0.25, 0.3) is 0 Å². The monoisotopic (exact) mass is 471 g/mol. The molecule has 8 heteroatoms. The highest BCUT2D eigenvalue weighted by atomic mass is 16.5. The average Bonchev–Trinajstić information content (AvgIpc) is 3.71. The minimum absolute atomic E-state index is 0.199. The lowest BCUT2D eigenvalue weighted by Gasteiger charge is -2.18. The Morgan fingerprint density at radius 2 is 1.46 bits per heavy atom. The van der Waals surface area contributed by atoms with E-state index in [1.165, 1.54) is 0 Å². The Labute approximate surface area is 202 Å². The molecule has 3 N–H and O–H groups in total. The van der Waals surface area contributed by atoms with Gasteiger partial charge in [0.05, 0.1) is 0 Å². The first-order valence-corrected chi connectivity index (χ1v) is 11.3. The van der Waals surface area contributed by atoms with Crippen LogP contribution < -0.4 is 16.0 Å². The van der Waals surface area contributed by atoms with Crippen molar-refractivity contribution < 1.29 is 23.9 Å². The lowest BCUT2D eigenvalue weighted by atomic mass is 10.1. The van der Waals surface area contributed by atoms with Gasteiger partial charge in [0.2, 0.25) is 0 Å². The second-order valence-electron chi connectivity index (χ2n) is 8.17. The van der Waals surface area contributed by atoms with Gasteiger partial charge in [0.1, 0.15) is 0 Å². The predicted octanol–water partition coefficient (Wildman–Crippen LogP) is 3.23. The van der Waals surface area contributed by atoms with E-state index in [4.69, 9.17) is 4.74 Å². The molecule has 4 rings (SSSR count). The van der Waals surface area contributed by atoms with Crippen LogP contribution in [0.2, 0.25) is 0 Å². The van der Waals surface area contributed by atoms with E-state index in [1.807, 2.05) is 0 Å². The molecule has 1 atom stereocenters. The Morgan fingerprint density at radius 3 is 2.14 bits per heavy atom. The van der Waals surface area contributed by atoms with Gasteiger partial charge in [-0.2, -0.15) is 0 Å². The molecule has 1 fully saturated rings. The van der Waals surface area contributed by atoms with Gasteiger partial charge in [-0.1, -0.05) is 54.6 Å². The molecule has 0 aliphatic heterocycles. The minimum atomic E-state index is -1.09. The maximum Gasteiger partial charge on any atom is 0.333 e. The summed E-state index contributed by atoms with van der Waals surface area (Å²) < 4.78 is 5.22. The van der Waals surface area contributed by atoms with E-state index < -0.39 is 30.4 Å². The van der Waals surface area contributed by atoms with Crippen molar-refractivity contribution >= 4 is 29.4 Å². The fourth-order valence-electron chi connectivity index (χ4n) is 3.38. The summed E-state index contributed by atoms with van der Waals surface area (Å²) in [6, 6.07) is 22.8. The van der Waals surface area contributed by atoms with Crippen molar-refractivity contribution in [1.82, 2.24) is 10.6 Å². The van der Waals surface area contributed by atoms with Gasteiger partial charge < -0.3 is 20.7 Å². The van der Waals surface area contributed by atoms with E-state index in [1.54, 1.807) is 84.9 Å². The van der Waals surface area contributed by atoms with Crippen LogP contribution in [0.1, 0.15) is 45.2 Å². The number of carbonyl (C=O) groups excluding carboxylic acids is 4. The maximum atomic E-state index is 12.8. The van der Waals surface area contributed by atoms with Crippen molar-refractivity contribution in [2.45, 2.75) is 24.9 Å². The number of benzene rings is 3. The van der Waals surface area contributed by atoms with E-state index in [9.17, 15) is 19.2 Å². The summed E-state index contributed by atoms with van der Waals surface area (Å²) in [6.07, 6.45) is 1.95. The summed E-state index contributed by atoms with van der Waals surface area (Å²) in [6.45, 7) is -0.554. The van der Waals surface area contributed by atoms with Crippen molar-refractivity contribution in [2.75, 3.05) is 11.9 Å². The van der Waals surface area contributed by atoms with Crippen molar-refractivity contribution in [2.24, 2.45) is 0 Å². The normalized spacial score (nSPS) is 13.3. The van der Waals surface area contributed by atoms with Crippen LogP contribution in [-0.4, -0.2) is 36.3 Å². The standard InChI is InChI=1S/C27H25N3O5/c31-23(28-22-13-7-12-20(16-22)26(33)29-21-14-15-21)17-35-27(34)24(18-8-3-1-4-9-18)30-25(32)19-10-5-2-6-11-19/h1-13,16,21,24H,14-15,17H2,(H,28,31)(H,29,33)(H,30,32). The number of nitrogens with one attached hydrogen (secondary N) is 3. The SMILES string of the molecule is O=C(COC(=O)C(NC(=O)c1ccccc1)c1ccccc1)Nc1cccc(C(=O)NC2CC2)c1. The Balaban J connectivity index is 1.37. The molecule has 0 heterocycles. The third-order valence-corrected chi connectivity index (χ3v) is 5.35. The summed E-state index contributed by atoms with van der Waals surface area (Å²) in [5.41, 5.74) is 1.76. The van der Waals surface area contributed by atoms with Crippen molar-refractivity contribution in [3.05, 3.63) is 102 Å². The number of hydrogen-bond donors (Lipinski definition) is 3. The van der Waals surface area contributed by atoms with Gasteiger partial charge in [-0.25, -0.2) is 4.79 Å². The molecule has 178 valence electrons. The highest BCUT2D eigenvalue weighted by Gasteiger charge is 2.26. The summed E-state index contributed by atoms with van der Waals surface area (Å²) in [7, 11) is 0. The van der Waals surface area contributed by atoms with Gasteiger partial charge >= 0.3 is 5.97 Å². The van der Waals surface area contributed by atoms with Gasteiger partial charge in [-0.05, 0) is 48.7 Å². The van der Waals surface area contributed by atoms with Gasteiger partial charge in [0.25, 0.3) is 17.7 Å². The second kappa shape index (κ2) is 11.1. The van der Waals surface area contributed by atoms with E-state index in [-0.39, 0.29) is 11.9 Å². The minimum Gasteiger partial charge on any atom is -0.454 e. The molecule has 0 radical (unpaired) electrons. The maximum absolute atomic E-state index is 12.8. The first-order valence-electron chi connectivity index (χ1n) is 11.3. The van der Waals surface area contributed by atoms with Gasteiger partial charge in [-0.3, -0.25) is 14.4 Å². The molecule has 1 aliphatic carbocycles. The van der Waals surface area contributed by atoms with Crippen LogP contribution in [0, 0.1) is 0 Å². The fraction of sp³-hybridized carbons (Fsp3) is 0.185. The Bertz CT molecular complexity index is 1210. The van der Waals surface area contributed by atoms with Gasteiger partial charge in [0, 0.05) is 22.9 Å². The summed E-state index contributed by atoms with van der Waals surface area (Å²) in [5.74, 6) is -1.98. The highest BCUT2D eigenvalue weighted by molar-refractivity contribution is 5.99. The fourth-order valence-corrected chi connectivity index (χ4v) is 3.38. The van der Waals surface area contributed by atoms with Gasteiger partial charge in [0.15, 0.2) is 12.6 Å². The van der Waals surface area contributed by atoms with E-state index in [0.717, 1.165) is 12.8 Å². The van der Waals surface area contributed by atoms with Crippen LogP contribution in [0.4, 0.5) is 5.69 Å². The number of ether oxygens (including phenoxy) is 1. The van der Waals surface area contributed by atoms with Crippen LogP contribution in [0.5, 0.6) is 0 Å². The molecule has 1 aliphatic rings. The number of carbonyl (C=O) groups is 4. The van der Waals surface area contributed by atoms with Crippen molar-refractivity contribution in [3.8, 4) is 0 Å². The highest BCUT2D eigenvalue weighted by Crippen LogP contribution is 2.20. The zero-order valence-corrected chi connectivity index (χ0v) is 18.9. The number of anilines is 1. The van der Waals surface area contributed by atoms with Crippen LogP contribution >= 0.6 is 0 Å². The van der Waals surface area contributed by atoms with Crippen molar-refractivity contribution in [3.63, 3.8) is 0 Å². The lowest BCUT2D eigenvalue weighted by Crippen LogP contribution is -2.36. The quantitative estimate of drug-likeness (QED) is 0.415. The largest absolute Gasteiger partial charge is 0.454 e. The van der Waals surface area contributed by atoms with Crippen LogP contribution in [-0.2, 0) is 14.3 Å². The molecule has 3 aromatic rings. The summed E-state index contributed by atoms with van der Waals surface area (Å²) in [5, 5.41) is 8.19. The molecule has 0 spiro atoms. The topological polar surface area (TPSA) is 114 Å². The molecule has 3 amide bonds. The second-order valence-corrected chi connectivity index (χ2v) is 8.17. The Morgan fingerprint density at radius 1 is 0.800 bits per heavy atom. The van der Waals surface area contributed by atoms with Gasteiger partial charge in [-0.15, -0.1) is 0 Å². The van der Waals surface area contributed by atoms with E-state index >= 15 is 0 Å². The average molecular weight is 472 g/mol. The zero-order chi connectivity index (χ0) is 24.6. The first-order chi connectivity index (χ1) is 17.0. The molecule has 1 unspecified atom stereocenters. The Hall–Kier alpha value is -4.46. The molecule has 0 aromatic heterocycles. The van der Waals surface area contributed by atoms with Crippen molar-refractivity contribution in [1.29, 1.82) is 0 Å². The number of esters is 1. The van der Waals surface area contributed by atoms with Crippen LogP contribution in [0.3, 0.4) is 0 Å². The predicted molar refractivity (Wildman–Crippen MR) is 130 cm³/mol. The molecule has 1 saturated carbocycles. The third-order valence-electron chi connectivity index (χ3n) is 5.35. The lowest BCUT2D eigenvalue weighted by molar-refractivity contribution is -0.149. The first kappa shape index (κ1) is 23.7. The molecule has 0 saturated heterocycles. The molecule has 3 aromatic carbocycles. The Kier molecular flexibility index (Phi) is 7.52. The summed E-state index contributed by atoms with van der Waals surface area (Å²) >= 11 is 0. The molecule has 0 bridgehead atoms. The summed E-state index contributed by atoms with van der Waals surface area (Å²) in [4.78, 5) is 50.1. The molecule has 8 nitrogen and oxygen atoms in total. The molecular formula is C27H25N3O5. The van der Waals surface area contributed by atoms with E-state index in [0.29, 0.717) is 22.4 Å². The van der Waals surface area contributed by atoms with E-state index in [2.05, 4.69) is 16.0 Å². The smallest absolute Gasteiger partial charge is 0.333 e. The van der Waals surface area contributed by atoms with Crippen LogP contribution in [0.15, 0.2) is 84.9 Å². The molecule has 35 heavy (non-hydrogen) atoms. The zero-order valence-electron chi connectivity index (χ0n) is 18.9. The number of amides is 3. The molecular weight excluding hydrogens is 446 g/mol. The number of hydrogen-bond acceptors (Lipinski definition) is 5. The third kappa shape index (κ3) is 6.77.